The van der Waals surface area contributed by atoms with E-state index < -0.39 is 0 Å². The number of carbonyl (C=O) groups excluding carboxylic acids is 2. The Morgan fingerprint density at radius 1 is 1.31 bits per heavy atom. The Morgan fingerprint density at radius 2 is 2.21 bits per heavy atom. The summed E-state index contributed by atoms with van der Waals surface area (Å²) < 4.78 is 0. The Bertz CT molecular complexity index is 940. The molecule has 2 aromatic heterocycles. The first-order valence-corrected chi connectivity index (χ1v) is 12.1. The van der Waals surface area contributed by atoms with Gasteiger partial charge in [0.2, 0.25) is 0 Å². The molecule has 1 saturated carbocycles. The molecule has 2 aromatic rings. The summed E-state index contributed by atoms with van der Waals surface area (Å²) in [5, 5.41) is 21.7. The van der Waals surface area contributed by atoms with Crippen LogP contribution in [0.4, 0.5) is 0 Å². The highest BCUT2D eigenvalue weighted by Crippen LogP contribution is 2.38. The molecule has 5 rings (SSSR count). The van der Waals surface area contributed by atoms with Crippen LogP contribution in [0.3, 0.4) is 0 Å². The molecule has 0 aromatic carbocycles. The molecule has 29 heavy (non-hydrogen) atoms. The van der Waals surface area contributed by atoms with Gasteiger partial charge in [-0.3, -0.25) is 14.7 Å². The van der Waals surface area contributed by atoms with E-state index in [1.54, 1.807) is 5.38 Å². The molecule has 3 aliphatic rings. The van der Waals surface area contributed by atoms with Gasteiger partial charge in [0.15, 0.2) is 5.69 Å². The number of nitrogens with zero attached hydrogens (tertiary/aromatic N) is 2. The lowest BCUT2D eigenvalue weighted by Gasteiger charge is -2.33. The van der Waals surface area contributed by atoms with Crippen LogP contribution in [0.2, 0.25) is 0 Å². The van der Waals surface area contributed by atoms with E-state index in [4.69, 9.17) is 0 Å². The van der Waals surface area contributed by atoms with Gasteiger partial charge in [-0.1, -0.05) is 6.42 Å². The summed E-state index contributed by atoms with van der Waals surface area (Å²) in [5.41, 5.74) is 2.68. The van der Waals surface area contributed by atoms with E-state index in [2.05, 4.69) is 15.5 Å². The molecule has 3 unspecified atom stereocenters. The standard InChI is InChI=1S/C20H24N4O3S2/c25-12-6-17(29-9-12)20(27)24-7-11-2-1-3-15(14(11)8-24)21-19(26)18-13-4-5-28-10-16(13)22-23-18/h6,9,11,14-15,25H,1-5,7-8,10H2,(H,21,26)(H,22,23). The second kappa shape index (κ2) is 7.68. The predicted molar refractivity (Wildman–Crippen MR) is 112 cm³/mol. The summed E-state index contributed by atoms with van der Waals surface area (Å²) in [6, 6.07) is 1.61. The van der Waals surface area contributed by atoms with Gasteiger partial charge in [-0.25, -0.2) is 0 Å². The molecule has 2 aliphatic heterocycles. The third-order valence-electron chi connectivity index (χ3n) is 6.41. The zero-order chi connectivity index (χ0) is 20.0. The number of hydrogen-bond acceptors (Lipinski definition) is 6. The number of hydrogen-bond donors (Lipinski definition) is 3. The second-order valence-corrected chi connectivity index (χ2v) is 10.2. The highest BCUT2D eigenvalue weighted by Gasteiger charge is 2.43. The fourth-order valence-corrected chi connectivity index (χ4v) is 6.64. The van der Waals surface area contributed by atoms with E-state index >= 15 is 0 Å². The number of likely N-dealkylation sites (tertiary alicyclic amines) is 1. The van der Waals surface area contributed by atoms with Crippen LogP contribution < -0.4 is 5.32 Å². The molecule has 0 bridgehead atoms. The van der Waals surface area contributed by atoms with Crippen LogP contribution in [0.15, 0.2) is 11.4 Å². The number of nitrogens with one attached hydrogen (secondary N) is 2. The molecule has 3 N–H and O–H groups in total. The quantitative estimate of drug-likeness (QED) is 0.693. The number of H-pyrrole nitrogens is 1. The van der Waals surface area contributed by atoms with Crippen molar-refractivity contribution in [2.45, 2.75) is 37.5 Å². The molecule has 154 valence electrons. The lowest BCUT2D eigenvalue weighted by atomic mass is 9.78. The van der Waals surface area contributed by atoms with E-state index in [-0.39, 0.29) is 29.5 Å². The smallest absolute Gasteiger partial charge is 0.272 e. The number of rotatable bonds is 3. The van der Waals surface area contributed by atoms with E-state index in [0.717, 1.165) is 55.0 Å². The first-order chi connectivity index (χ1) is 14.1. The van der Waals surface area contributed by atoms with Crippen molar-refractivity contribution in [1.29, 1.82) is 0 Å². The highest BCUT2D eigenvalue weighted by atomic mass is 32.2. The van der Waals surface area contributed by atoms with Crippen molar-refractivity contribution in [3.8, 4) is 5.75 Å². The minimum absolute atomic E-state index is 0.0198. The lowest BCUT2D eigenvalue weighted by Crippen LogP contribution is -2.45. The molecule has 9 heteroatoms. The van der Waals surface area contributed by atoms with Gasteiger partial charge in [0, 0.05) is 53.5 Å². The summed E-state index contributed by atoms with van der Waals surface area (Å²) in [6.07, 6.45) is 3.97. The van der Waals surface area contributed by atoms with Crippen molar-refractivity contribution in [1.82, 2.24) is 20.4 Å². The number of amides is 2. The van der Waals surface area contributed by atoms with Crippen molar-refractivity contribution < 1.29 is 14.7 Å². The van der Waals surface area contributed by atoms with E-state index in [1.165, 1.54) is 17.4 Å². The molecule has 4 heterocycles. The van der Waals surface area contributed by atoms with Crippen LogP contribution in [-0.4, -0.2) is 56.9 Å². The maximum absolute atomic E-state index is 13.0. The topological polar surface area (TPSA) is 98.3 Å². The summed E-state index contributed by atoms with van der Waals surface area (Å²) in [7, 11) is 0. The molecule has 2 fully saturated rings. The lowest BCUT2D eigenvalue weighted by molar-refractivity contribution is 0.0787. The first-order valence-electron chi connectivity index (χ1n) is 10.1. The number of fused-ring (bicyclic) bond motifs is 2. The average molecular weight is 433 g/mol. The average Bonchev–Trinajstić information content (AvgIpc) is 3.45. The number of aromatic amines is 1. The number of thioether (sulfide) groups is 1. The zero-order valence-electron chi connectivity index (χ0n) is 16.0. The summed E-state index contributed by atoms with van der Waals surface area (Å²) in [6.45, 7) is 1.38. The first kappa shape index (κ1) is 19.0. The van der Waals surface area contributed by atoms with Crippen molar-refractivity contribution in [2.75, 3.05) is 18.8 Å². The minimum atomic E-state index is -0.0898. The van der Waals surface area contributed by atoms with Crippen molar-refractivity contribution in [2.24, 2.45) is 11.8 Å². The summed E-state index contributed by atoms with van der Waals surface area (Å²) >= 11 is 3.13. The van der Waals surface area contributed by atoms with Crippen LogP contribution in [0.25, 0.3) is 0 Å². The Kier molecular flexibility index (Phi) is 5.03. The molecular weight excluding hydrogens is 408 g/mol. The van der Waals surface area contributed by atoms with Crippen molar-refractivity contribution in [3.05, 3.63) is 33.3 Å². The maximum Gasteiger partial charge on any atom is 0.272 e. The maximum atomic E-state index is 13.0. The fourth-order valence-electron chi connectivity index (χ4n) is 4.97. The van der Waals surface area contributed by atoms with Gasteiger partial charge in [0.25, 0.3) is 11.8 Å². The van der Waals surface area contributed by atoms with Gasteiger partial charge in [-0.2, -0.15) is 16.9 Å². The highest BCUT2D eigenvalue weighted by molar-refractivity contribution is 7.98. The van der Waals surface area contributed by atoms with Gasteiger partial charge in [0.1, 0.15) is 5.75 Å². The number of aromatic nitrogens is 2. The number of carbonyl (C=O) groups is 2. The van der Waals surface area contributed by atoms with Gasteiger partial charge in [0.05, 0.1) is 4.88 Å². The van der Waals surface area contributed by atoms with Crippen LogP contribution >= 0.6 is 23.1 Å². The Balaban J connectivity index is 1.28. The molecule has 1 aliphatic carbocycles. The van der Waals surface area contributed by atoms with Crippen LogP contribution in [0, 0.1) is 11.8 Å². The van der Waals surface area contributed by atoms with E-state index in [9.17, 15) is 14.7 Å². The minimum Gasteiger partial charge on any atom is -0.507 e. The Labute approximate surface area is 177 Å². The zero-order valence-corrected chi connectivity index (χ0v) is 17.7. The van der Waals surface area contributed by atoms with Gasteiger partial charge >= 0.3 is 0 Å². The van der Waals surface area contributed by atoms with E-state index in [0.29, 0.717) is 23.0 Å². The molecule has 7 nitrogen and oxygen atoms in total. The molecule has 0 spiro atoms. The van der Waals surface area contributed by atoms with Crippen molar-refractivity contribution in [3.63, 3.8) is 0 Å². The largest absolute Gasteiger partial charge is 0.507 e. The monoisotopic (exact) mass is 432 g/mol. The molecule has 0 radical (unpaired) electrons. The van der Waals surface area contributed by atoms with Gasteiger partial charge in [-0.15, -0.1) is 11.3 Å². The fraction of sp³-hybridized carbons (Fsp3) is 0.550. The summed E-state index contributed by atoms with van der Waals surface area (Å²) in [5.74, 6) is 2.63. The second-order valence-electron chi connectivity index (χ2n) is 8.15. The van der Waals surface area contributed by atoms with Gasteiger partial charge < -0.3 is 15.3 Å². The predicted octanol–water partition coefficient (Wildman–Crippen LogP) is 2.64. The molecule has 1 saturated heterocycles. The molecule has 2 amide bonds. The van der Waals surface area contributed by atoms with Crippen LogP contribution in [-0.2, 0) is 12.2 Å². The Morgan fingerprint density at radius 3 is 3.03 bits per heavy atom. The van der Waals surface area contributed by atoms with Crippen molar-refractivity contribution >= 4 is 34.9 Å². The Hall–Kier alpha value is -2.00. The molecule has 3 atom stereocenters. The van der Waals surface area contributed by atoms with Gasteiger partial charge in [-0.05, 0) is 30.9 Å². The third kappa shape index (κ3) is 3.54. The number of thiophene rings is 1. The van der Waals surface area contributed by atoms with E-state index in [1.807, 2.05) is 16.7 Å². The molecular formula is C20H24N4O3S2. The number of aromatic hydroxyl groups is 1. The third-order valence-corrected chi connectivity index (χ3v) is 8.30. The normalized spacial score (nSPS) is 26.1. The summed E-state index contributed by atoms with van der Waals surface area (Å²) in [4.78, 5) is 28.2. The SMILES string of the molecule is O=C(NC1CCCC2CN(C(=O)c3cc(O)cs3)CC21)c1n[nH]c2c1CCSC2. The van der Waals surface area contributed by atoms with Crippen LogP contribution in [0.1, 0.15) is 50.7 Å². The van der Waals surface area contributed by atoms with Crippen LogP contribution in [0.5, 0.6) is 5.75 Å².